The van der Waals surface area contributed by atoms with E-state index in [1.54, 1.807) is 7.11 Å². The standard InChI is InChI=1S/C17H24N2O2/c1-4-14-17(20)19(13-6-5-7-13)16(18-14)12-8-9-15(21-3)11(2)10-12/h8-10,13-14,16,18H,4-7H2,1-3H3. The van der Waals surface area contributed by atoms with Gasteiger partial charge in [0.15, 0.2) is 0 Å². The van der Waals surface area contributed by atoms with Crippen LogP contribution in [-0.2, 0) is 4.79 Å². The van der Waals surface area contributed by atoms with E-state index in [1.165, 1.54) is 6.42 Å². The zero-order valence-corrected chi connectivity index (χ0v) is 13.1. The summed E-state index contributed by atoms with van der Waals surface area (Å²) in [5.74, 6) is 1.16. The molecule has 1 amide bonds. The highest BCUT2D eigenvalue weighted by atomic mass is 16.5. The number of nitrogens with one attached hydrogen (secondary N) is 1. The van der Waals surface area contributed by atoms with Crippen molar-refractivity contribution in [3.63, 3.8) is 0 Å². The second-order valence-corrected chi connectivity index (χ2v) is 6.09. The van der Waals surface area contributed by atoms with Crippen molar-refractivity contribution in [2.75, 3.05) is 7.11 Å². The minimum atomic E-state index is -0.0435. The lowest BCUT2D eigenvalue weighted by molar-refractivity contribution is -0.134. The molecule has 2 fully saturated rings. The molecular formula is C17H24N2O2. The predicted molar refractivity (Wildman–Crippen MR) is 82.2 cm³/mol. The number of hydrogen-bond acceptors (Lipinski definition) is 3. The van der Waals surface area contributed by atoms with E-state index in [9.17, 15) is 4.79 Å². The predicted octanol–water partition coefficient (Wildman–Crippen LogP) is 2.77. The molecule has 1 aliphatic carbocycles. The highest BCUT2D eigenvalue weighted by Gasteiger charge is 2.43. The molecule has 21 heavy (non-hydrogen) atoms. The number of rotatable bonds is 4. The van der Waals surface area contributed by atoms with Gasteiger partial charge in [0.2, 0.25) is 5.91 Å². The van der Waals surface area contributed by atoms with Crippen molar-refractivity contribution in [3.8, 4) is 5.75 Å². The lowest BCUT2D eigenvalue weighted by atomic mass is 9.90. The van der Waals surface area contributed by atoms with Gasteiger partial charge in [-0.1, -0.05) is 13.0 Å². The van der Waals surface area contributed by atoms with Gasteiger partial charge in [-0.2, -0.15) is 0 Å². The lowest BCUT2D eigenvalue weighted by Gasteiger charge is -2.38. The first-order chi connectivity index (χ1) is 10.2. The molecule has 1 saturated heterocycles. The van der Waals surface area contributed by atoms with Crippen LogP contribution in [-0.4, -0.2) is 30.0 Å². The Bertz CT molecular complexity index is 540. The third kappa shape index (κ3) is 2.42. The van der Waals surface area contributed by atoms with Crippen molar-refractivity contribution in [1.82, 2.24) is 10.2 Å². The molecule has 1 N–H and O–H groups in total. The van der Waals surface area contributed by atoms with E-state index in [0.717, 1.165) is 36.1 Å². The molecular weight excluding hydrogens is 264 g/mol. The van der Waals surface area contributed by atoms with E-state index in [4.69, 9.17) is 4.74 Å². The van der Waals surface area contributed by atoms with Gasteiger partial charge in [0, 0.05) is 6.04 Å². The molecule has 0 bridgehead atoms. The minimum absolute atomic E-state index is 0.0114. The fraction of sp³-hybridized carbons (Fsp3) is 0.588. The number of nitrogens with zero attached hydrogens (tertiary/aromatic N) is 1. The third-order valence-electron chi connectivity index (χ3n) is 4.80. The van der Waals surface area contributed by atoms with Crippen LogP contribution in [0.1, 0.15) is 49.9 Å². The number of carbonyl (C=O) groups excluding carboxylic acids is 1. The quantitative estimate of drug-likeness (QED) is 0.926. The van der Waals surface area contributed by atoms with Crippen molar-refractivity contribution in [1.29, 1.82) is 0 Å². The van der Waals surface area contributed by atoms with Gasteiger partial charge in [-0.05, 0) is 55.9 Å². The molecule has 2 aliphatic rings. The molecule has 2 atom stereocenters. The summed E-state index contributed by atoms with van der Waals surface area (Å²) in [6.07, 6.45) is 4.36. The van der Waals surface area contributed by atoms with Crippen LogP contribution in [0.4, 0.5) is 0 Å². The maximum Gasteiger partial charge on any atom is 0.241 e. The van der Waals surface area contributed by atoms with Gasteiger partial charge < -0.3 is 9.64 Å². The van der Waals surface area contributed by atoms with Gasteiger partial charge in [0.1, 0.15) is 11.9 Å². The number of carbonyl (C=O) groups is 1. The smallest absolute Gasteiger partial charge is 0.241 e. The monoisotopic (exact) mass is 288 g/mol. The van der Waals surface area contributed by atoms with Crippen LogP contribution >= 0.6 is 0 Å². The molecule has 1 saturated carbocycles. The largest absolute Gasteiger partial charge is 0.496 e. The summed E-state index contributed by atoms with van der Waals surface area (Å²) in [6, 6.07) is 6.57. The molecule has 0 aromatic heterocycles. The maximum absolute atomic E-state index is 12.6. The molecule has 114 valence electrons. The molecule has 1 aromatic rings. The van der Waals surface area contributed by atoms with Crippen molar-refractivity contribution in [2.24, 2.45) is 0 Å². The van der Waals surface area contributed by atoms with Crippen molar-refractivity contribution in [2.45, 2.75) is 57.8 Å². The van der Waals surface area contributed by atoms with E-state index in [-0.39, 0.29) is 18.1 Å². The lowest BCUT2D eigenvalue weighted by Crippen LogP contribution is -2.44. The summed E-state index contributed by atoms with van der Waals surface area (Å²) in [5, 5.41) is 3.51. The average molecular weight is 288 g/mol. The first kappa shape index (κ1) is 14.4. The van der Waals surface area contributed by atoms with Crippen molar-refractivity contribution >= 4 is 5.91 Å². The van der Waals surface area contributed by atoms with Crippen LogP contribution in [0.2, 0.25) is 0 Å². The fourth-order valence-electron chi connectivity index (χ4n) is 3.33. The summed E-state index contributed by atoms with van der Waals surface area (Å²) >= 11 is 0. The Morgan fingerprint density at radius 3 is 2.67 bits per heavy atom. The van der Waals surface area contributed by atoms with Gasteiger partial charge in [-0.3, -0.25) is 10.1 Å². The van der Waals surface area contributed by atoms with Gasteiger partial charge >= 0.3 is 0 Å². The van der Waals surface area contributed by atoms with E-state index < -0.39 is 0 Å². The van der Waals surface area contributed by atoms with Crippen molar-refractivity contribution < 1.29 is 9.53 Å². The zero-order valence-electron chi connectivity index (χ0n) is 13.1. The number of hydrogen-bond donors (Lipinski definition) is 1. The first-order valence-corrected chi connectivity index (χ1v) is 7.88. The summed E-state index contributed by atoms with van der Waals surface area (Å²) < 4.78 is 5.33. The van der Waals surface area contributed by atoms with Crippen LogP contribution in [0.25, 0.3) is 0 Å². The average Bonchev–Trinajstić information content (AvgIpc) is 2.74. The molecule has 1 aliphatic heterocycles. The summed E-state index contributed by atoms with van der Waals surface area (Å²) in [7, 11) is 1.69. The van der Waals surface area contributed by atoms with Crippen LogP contribution in [0, 0.1) is 6.92 Å². The fourth-order valence-corrected chi connectivity index (χ4v) is 3.33. The van der Waals surface area contributed by atoms with Gasteiger partial charge in [-0.25, -0.2) is 0 Å². The van der Waals surface area contributed by atoms with E-state index in [2.05, 4.69) is 29.3 Å². The summed E-state index contributed by atoms with van der Waals surface area (Å²) in [5.41, 5.74) is 2.27. The molecule has 0 radical (unpaired) electrons. The maximum atomic E-state index is 12.6. The zero-order chi connectivity index (χ0) is 15.0. The van der Waals surface area contributed by atoms with E-state index in [0.29, 0.717) is 6.04 Å². The Kier molecular flexibility index (Phi) is 3.89. The second-order valence-electron chi connectivity index (χ2n) is 6.09. The minimum Gasteiger partial charge on any atom is -0.496 e. The molecule has 0 spiro atoms. The number of aryl methyl sites for hydroxylation is 1. The number of benzene rings is 1. The van der Waals surface area contributed by atoms with Gasteiger partial charge in [-0.15, -0.1) is 0 Å². The van der Waals surface area contributed by atoms with E-state index >= 15 is 0 Å². The Labute approximate surface area is 126 Å². The molecule has 1 aromatic carbocycles. The molecule has 2 unspecified atom stereocenters. The Balaban J connectivity index is 1.91. The molecule has 4 nitrogen and oxygen atoms in total. The summed E-state index contributed by atoms with van der Waals surface area (Å²) in [6.45, 7) is 4.11. The van der Waals surface area contributed by atoms with E-state index in [1.807, 2.05) is 13.0 Å². The Hall–Kier alpha value is -1.55. The van der Waals surface area contributed by atoms with Crippen LogP contribution in [0.5, 0.6) is 5.75 Å². The number of amides is 1. The van der Waals surface area contributed by atoms with Gasteiger partial charge in [0.05, 0.1) is 13.2 Å². The Morgan fingerprint density at radius 2 is 2.14 bits per heavy atom. The molecule has 1 heterocycles. The number of methoxy groups -OCH3 is 1. The highest BCUT2D eigenvalue weighted by Crippen LogP contribution is 2.36. The van der Waals surface area contributed by atoms with Crippen LogP contribution < -0.4 is 10.1 Å². The normalized spacial score (nSPS) is 26.0. The first-order valence-electron chi connectivity index (χ1n) is 7.88. The topological polar surface area (TPSA) is 41.6 Å². The highest BCUT2D eigenvalue weighted by molar-refractivity contribution is 5.85. The second kappa shape index (κ2) is 5.68. The SMILES string of the molecule is CCC1NC(c2ccc(OC)c(C)c2)N(C2CCC2)C1=O. The Morgan fingerprint density at radius 1 is 1.38 bits per heavy atom. The van der Waals surface area contributed by atoms with Crippen LogP contribution in [0.3, 0.4) is 0 Å². The molecule has 3 rings (SSSR count). The van der Waals surface area contributed by atoms with Crippen molar-refractivity contribution in [3.05, 3.63) is 29.3 Å². The molecule has 4 heteroatoms. The number of ether oxygens (including phenoxy) is 1. The van der Waals surface area contributed by atoms with Crippen LogP contribution in [0.15, 0.2) is 18.2 Å². The third-order valence-corrected chi connectivity index (χ3v) is 4.80. The summed E-state index contributed by atoms with van der Waals surface area (Å²) in [4.78, 5) is 14.7. The van der Waals surface area contributed by atoms with Gasteiger partial charge in [0.25, 0.3) is 0 Å².